The molecule has 218 valence electrons. The van der Waals surface area contributed by atoms with Crippen LogP contribution in [0.5, 0.6) is 11.5 Å². The van der Waals surface area contributed by atoms with E-state index < -0.39 is 16.1 Å². The third-order valence-corrected chi connectivity index (χ3v) is 8.40. The molecule has 2 aromatic rings. The number of aryl methyl sites for hydroxylation is 3. The van der Waals surface area contributed by atoms with Crippen LogP contribution in [0.4, 0.5) is 3.89 Å². The molecule has 1 N–H and O–H groups in total. The molecule has 6 nitrogen and oxygen atoms in total. The van der Waals surface area contributed by atoms with Gasteiger partial charge in [-0.2, -0.15) is 8.42 Å². The largest absolute Gasteiger partial charge is 0.490 e. The highest BCUT2D eigenvalue weighted by molar-refractivity contribution is 7.81. The van der Waals surface area contributed by atoms with Gasteiger partial charge in [-0.15, -0.1) is 6.58 Å². The first-order valence-electron chi connectivity index (χ1n) is 13.8. The van der Waals surface area contributed by atoms with Crippen molar-refractivity contribution in [1.82, 2.24) is 4.90 Å². The van der Waals surface area contributed by atoms with Crippen molar-refractivity contribution in [1.29, 1.82) is 0 Å². The molecule has 4 atom stereocenters. The van der Waals surface area contributed by atoms with Crippen LogP contribution in [0.3, 0.4) is 0 Å². The maximum atomic E-state index is 12.1. The van der Waals surface area contributed by atoms with Crippen molar-refractivity contribution in [2.75, 3.05) is 13.1 Å². The van der Waals surface area contributed by atoms with E-state index in [2.05, 4.69) is 62.4 Å². The summed E-state index contributed by atoms with van der Waals surface area (Å²) in [6.45, 7) is 22.3. The van der Waals surface area contributed by atoms with Gasteiger partial charge < -0.3 is 14.0 Å². The molecule has 0 aromatic heterocycles. The first-order valence-corrected chi connectivity index (χ1v) is 15.1. The summed E-state index contributed by atoms with van der Waals surface area (Å²) in [4.78, 5) is 2.37. The van der Waals surface area contributed by atoms with E-state index in [-0.39, 0.29) is 23.3 Å². The van der Waals surface area contributed by atoms with Crippen LogP contribution < -0.4 is 8.92 Å². The summed E-state index contributed by atoms with van der Waals surface area (Å²) < 4.78 is 42.4. The number of benzene rings is 2. The molecule has 0 spiro atoms. The third kappa shape index (κ3) is 7.41. The lowest BCUT2D eigenvalue weighted by molar-refractivity contribution is -0.137. The standard InChI is InChI=1S/C22H33NO2.C7H7FO3S.C2H6/c1-7-13-23-14-12-21(6)19-15(2)8-9-16(3)20(19)25-17(4)10-11-22(21,24)18(23)5;1-6-3-2-4-7(5-6)11-12(8,9)10;1-2/h7-9,17-18,24H,1,10-14H2,2-6H3;2-5H,1H3;1-2H3. The number of piperidine rings is 1. The van der Waals surface area contributed by atoms with E-state index in [1.165, 1.54) is 28.8 Å². The van der Waals surface area contributed by atoms with Gasteiger partial charge in [0, 0.05) is 23.6 Å². The lowest BCUT2D eigenvalue weighted by atomic mass is 9.58. The number of fused-ring (bicyclic) bond motifs is 3. The molecule has 8 heteroatoms. The molecule has 4 rings (SSSR count). The molecule has 2 aliphatic rings. The molecular weight excluding hydrogens is 517 g/mol. The molecule has 4 unspecified atom stereocenters. The predicted octanol–water partition coefficient (Wildman–Crippen LogP) is 6.75. The maximum Gasteiger partial charge on any atom is 0.488 e. The van der Waals surface area contributed by atoms with Crippen molar-refractivity contribution in [3.63, 3.8) is 0 Å². The second-order valence-corrected chi connectivity index (χ2v) is 11.6. The molecule has 39 heavy (non-hydrogen) atoms. The van der Waals surface area contributed by atoms with Gasteiger partial charge >= 0.3 is 10.5 Å². The number of ether oxygens (including phenoxy) is 1. The molecule has 0 saturated carbocycles. The van der Waals surface area contributed by atoms with Gasteiger partial charge in [0.1, 0.15) is 11.5 Å². The summed E-state index contributed by atoms with van der Waals surface area (Å²) in [7, 11) is -4.89. The molecule has 0 radical (unpaired) electrons. The minimum Gasteiger partial charge on any atom is -0.490 e. The number of hydrogen-bond donors (Lipinski definition) is 1. The number of hydrogen-bond acceptors (Lipinski definition) is 6. The molecule has 2 aromatic carbocycles. The van der Waals surface area contributed by atoms with Gasteiger partial charge in [-0.05, 0) is 89.2 Å². The quantitative estimate of drug-likeness (QED) is 0.328. The molecule has 2 aliphatic heterocycles. The zero-order chi connectivity index (χ0) is 29.6. The molecule has 0 bridgehead atoms. The number of rotatable bonds is 4. The molecule has 2 heterocycles. The Kier molecular flexibility index (Phi) is 11.2. The van der Waals surface area contributed by atoms with Crippen LogP contribution in [0, 0.1) is 20.8 Å². The van der Waals surface area contributed by atoms with Gasteiger partial charge in [0.05, 0.1) is 11.7 Å². The highest BCUT2D eigenvalue weighted by atomic mass is 32.3. The predicted molar refractivity (Wildman–Crippen MR) is 157 cm³/mol. The summed E-state index contributed by atoms with van der Waals surface area (Å²) in [5.74, 6) is 0.981. The van der Waals surface area contributed by atoms with Crippen LogP contribution >= 0.6 is 0 Å². The molecule has 0 aliphatic carbocycles. The molecule has 0 amide bonds. The number of aliphatic hydroxyl groups is 1. The highest BCUT2D eigenvalue weighted by Crippen LogP contribution is 2.53. The van der Waals surface area contributed by atoms with Crippen LogP contribution in [-0.2, 0) is 15.9 Å². The Morgan fingerprint density at radius 2 is 1.79 bits per heavy atom. The van der Waals surface area contributed by atoms with Gasteiger partial charge in [0.25, 0.3) is 0 Å². The summed E-state index contributed by atoms with van der Waals surface area (Å²) in [6, 6.07) is 10.5. The summed E-state index contributed by atoms with van der Waals surface area (Å²) in [5.41, 5.74) is 3.32. The van der Waals surface area contributed by atoms with Gasteiger partial charge in [0.2, 0.25) is 0 Å². The average molecular weight is 564 g/mol. The minimum absolute atomic E-state index is 0.0162. The lowest BCUT2D eigenvalue weighted by Crippen LogP contribution is -2.67. The van der Waals surface area contributed by atoms with E-state index in [0.717, 1.165) is 43.7 Å². The number of likely N-dealkylation sites (tertiary alicyclic amines) is 1. The summed E-state index contributed by atoms with van der Waals surface area (Å²) in [6.07, 6.45) is 4.60. The van der Waals surface area contributed by atoms with Gasteiger partial charge in [-0.1, -0.05) is 55.0 Å². The minimum atomic E-state index is -4.89. The van der Waals surface area contributed by atoms with Gasteiger partial charge in [-0.25, -0.2) is 0 Å². The first-order chi connectivity index (χ1) is 18.2. The Morgan fingerprint density at radius 1 is 1.15 bits per heavy atom. The summed E-state index contributed by atoms with van der Waals surface area (Å²) in [5, 5.41) is 12.1. The normalized spacial score (nSPS) is 26.5. The average Bonchev–Trinajstić information content (AvgIpc) is 2.86. The zero-order valence-corrected chi connectivity index (χ0v) is 25.6. The highest BCUT2D eigenvalue weighted by Gasteiger charge is 2.57. The van der Waals surface area contributed by atoms with E-state index in [0.29, 0.717) is 0 Å². The molecule has 1 saturated heterocycles. The van der Waals surface area contributed by atoms with Crippen LogP contribution in [0.15, 0.2) is 49.1 Å². The molecule has 1 fully saturated rings. The van der Waals surface area contributed by atoms with Crippen LogP contribution in [-0.4, -0.2) is 49.3 Å². The SMILES string of the molecule is C=CCN1CCC2(C)c3c(C)ccc(C)c3OC(C)CCC2(O)C1C.CC.Cc1cccc(OS(=O)(=O)F)c1. The van der Waals surface area contributed by atoms with Crippen LogP contribution in [0.2, 0.25) is 0 Å². The lowest BCUT2D eigenvalue weighted by Gasteiger charge is -2.58. The van der Waals surface area contributed by atoms with Crippen molar-refractivity contribution < 1.29 is 26.3 Å². The Balaban J connectivity index is 0.000000320. The Labute approximate surface area is 235 Å². The van der Waals surface area contributed by atoms with Crippen molar-refractivity contribution in [2.45, 2.75) is 97.8 Å². The van der Waals surface area contributed by atoms with E-state index in [1.54, 1.807) is 19.1 Å². The fraction of sp³-hybridized carbons (Fsp3) is 0.548. The number of nitrogens with zero attached hydrogens (tertiary/aromatic N) is 1. The number of halogens is 1. The summed E-state index contributed by atoms with van der Waals surface area (Å²) >= 11 is 0. The fourth-order valence-electron chi connectivity index (χ4n) is 5.87. The van der Waals surface area contributed by atoms with Gasteiger partial charge in [0.15, 0.2) is 0 Å². The topological polar surface area (TPSA) is 76.1 Å². The fourth-order valence-corrected chi connectivity index (χ4v) is 6.20. The second kappa shape index (κ2) is 13.3. The first kappa shape index (κ1) is 32.8. The van der Waals surface area contributed by atoms with Crippen molar-refractivity contribution in [3.8, 4) is 11.5 Å². The third-order valence-electron chi connectivity index (χ3n) is 8.01. The maximum absolute atomic E-state index is 12.1. The van der Waals surface area contributed by atoms with Crippen molar-refractivity contribution >= 4 is 10.5 Å². The van der Waals surface area contributed by atoms with Crippen molar-refractivity contribution in [2.24, 2.45) is 0 Å². The van der Waals surface area contributed by atoms with E-state index >= 15 is 0 Å². The van der Waals surface area contributed by atoms with Crippen molar-refractivity contribution in [3.05, 3.63) is 71.3 Å². The Bertz CT molecular complexity index is 1230. The second-order valence-electron chi connectivity index (χ2n) is 10.6. The smallest absolute Gasteiger partial charge is 0.488 e. The monoisotopic (exact) mass is 563 g/mol. The van der Waals surface area contributed by atoms with Crippen LogP contribution in [0.25, 0.3) is 0 Å². The Morgan fingerprint density at radius 3 is 2.38 bits per heavy atom. The molecular formula is C31H46FNO5S. The van der Waals surface area contributed by atoms with E-state index in [4.69, 9.17) is 4.74 Å². The van der Waals surface area contributed by atoms with Crippen LogP contribution in [0.1, 0.15) is 76.1 Å². The van der Waals surface area contributed by atoms with E-state index in [1.807, 2.05) is 19.9 Å². The Hall–Kier alpha value is -2.42. The van der Waals surface area contributed by atoms with Gasteiger partial charge in [-0.3, -0.25) is 4.90 Å². The zero-order valence-electron chi connectivity index (χ0n) is 24.8. The van der Waals surface area contributed by atoms with E-state index in [9.17, 15) is 17.4 Å².